The molecule has 0 bridgehead atoms. The van der Waals surface area contributed by atoms with E-state index in [1.807, 2.05) is 43.4 Å². The minimum Gasteiger partial charge on any atom is -0.396 e. The summed E-state index contributed by atoms with van der Waals surface area (Å²) in [7, 11) is 0. The molecule has 1 heteroatoms. The molecule has 0 spiro atoms. The number of allylic oxidation sites excluding steroid dienone is 8. The standard InChI is InChI=1S/C14H18O/c1-2-3-4-5-6-7-8-9-10-11-12-13-14-15/h2-5,8-11,15H,12-14H2,1H3. The van der Waals surface area contributed by atoms with Crippen LogP contribution in [-0.2, 0) is 0 Å². The first-order valence-electron chi connectivity index (χ1n) is 5.13. The Morgan fingerprint density at radius 3 is 2.27 bits per heavy atom. The van der Waals surface area contributed by atoms with Crippen molar-refractivity contribution in [1.82, 2.24) is 0 Å². The van der Waals surface area contributed by atoms with Crippen molar-refractivity contribution in [3.8, 4) is 11.8 Å². The van der Waals surface area contributed by atoms with E-state index in [0.29, 0.717) is 0 Å². The Kier molecular flexibility index (Phi) is 11.2. The van der Waals surface area contributed by atoms with E-state index < -0.39 is 0 Å². The van der Waals surface area contributed by atoms with E-state index in [-0.39, 0.29) is 6.61 Å². The summed E-state index contributed by atoms with van der Waals surface area (Å²) in [4.78, 5) is 0. The molecule has 0 aromatic carbocycles. The van der Waals surface area contributed by atoms with E-state index in [2.05, 4.69) is 11.8 Å². The van der Waals surface area contributed by atoms with Gasteiger partial charge in [-0.15, -0.1) is 0 Å². The SMILES string of the molecule is CC=CC=CC#CC=CC=CCCCO. The molecule has 0 saturated carbocycles. The monoisotopic (exact) mass is 202 g/mol. The van der Waals surface area contributed by atoms with Crippen molar-refractivity contribution in [3.63, 3.8) is 0 Å². The van der Waals surface area contributed by atoms with Crippen LogP contribution in [0.4, 0.5) is 0 Å². The fourth-order valence-corrected chi connectivity index (χ4v) is 0.799. The molecule has 1 N–H and O–H groups in total. The van der Waals surface area contributed by atoms with E-state index in [1.165, 1.54) is 0 Å². The molecule has 80 valence electrons. The highest BCUT2D eigenvalue weighted by molar-refractivity contribution is 5.27. The molecule has 0 saturated heterocycles. The van der Waals surface area contributed by atoms with Crippen LogP contribution in [0.2, 0.25) is 0 Å². The van der Waals surface area contributed by atoms with Crippen LogP contribution in [0.1, 0.15) is 19.8 Å². The number of unbranched alkanes of at least 4 members (excludes halogenated alkanes) is 1. The molecule has 15 heavy (non-hydrogen) atoms. The summed E-state index contributed by atoms with van der Waals surface area (Å²) < 4.78 is 0. The number of aliphatic hydroxyl groups is 1. The lowest BCUT2D eigenvalue weighted by atomic mass is 10.3. The summed E-state index contributed by atoms with van der Waals surface area (Å²) in [6, 6.07) is 0. The molecule has 0 aromatic heterocycles. The Hall–Kier alpha value is -1.52. The summed E-state index contributed by atoms with van der Waals surface area (Å²) in [5.41, 5.74) is 0. The molecule has 0 rings (SSSR count). The molecule has 0 aromatic rings. The van der Waals surface area contributed by atoms with Gasteiger partial charge in [0.1, 0.15) is 0 Å². The number of aliphatic hydroxyl groups excluding tert-OH is 1. The largest absolute Gasteiger partial charge is 0.396 e. The molecule has 0 fully saturated rings. The molecule has 0 unspecified atom stereocenters. The Labute approximate surface area is 92.5 Å². The maximum Gasteiger partial charge on any atom is 0.0433 e. The smallest absolute Gasteiger partial charge is 0.0433 e. The highest BCUT2D eigenvalue weighted by Gasteiger charge is 1.75. The van der Waals surface area contributed by atoms with Crippen molar-refractivity contribution >= 4 is 0 Å². The molecular weight excluding hydrogens is 184 g/mol. The van der Waals surface area contributed by atoms with Crippen LogP contribution >= 0.6 is 0 Å². The van der Waals surface area contributed by atoms with Gasteiger partial charge in [0.15, 0.2) is 0 Å². The minimum atomic E-state index is 0.254. The maximum absolute atomic E-state index is 8.52. The average Bonchev–Trinajstić information content (AvgIpc) is 2.26. The number of hydrogen-bond donors (Lipinski definition) is 1. The van der Waals surface area contributed by atoms with Crippen molar-refractivity contribution in [3.05, 3.63) is 48.6 Å². The molecule has 1 nitrogen and oxygen atoms in total. The lowest BCUT2D eigenvalue weighted by Gasteiger charge is -1.84. The zero-order valence-electron chi connectivity index (χ0n) is 9.19. The Bertz CT molecular complexity index is 295. The minimum absolute atomic E-state index is 0.254. The van der Waals surface area contributed by atoms with E-state index in [9.17, 15) is 0 Å². The van der Waals surface area contributed by atoms with Gasteiger partial charge in [0.05, 0.1) is 0 Å². The van der Waals surface area contributed by atoms with Crippen LogP contribution in [0.5, 0.6) is 0 Å². The topological polar surface area (TPSA) is 20.2 Å². The highest BCUT2D eigenvalue weighted by Crippen LogP contribution is 1.89. The fourth-order valence-electron chi connectivity index (χ4n) is 0.799. The first kappa shape index (κ1) is 13.5. The highest BCUT2D eigenvalue weighted by atomic mass is 16.2. The van der Waals surface area contributed by atoms with Crippen molar-refractivity contribution in [2.75, 3.05) is 6.61 Å². The van der Waals surface area contributed by atoms with Gasteiger partial charge in [-0.05, 0) is 31.9 Å². The van der Waals surface area contributed by atoms with E-state index in [1.54, 1.807) is 12.2 Å². The normalized spacial score (nSPS) is 11.9. The van der Waals surface area contributed by atoms with Gasteiger partial charge >= 0.3 is 0 Å². The van der Waals surface area contributed by atoms with Crippen LogP contribution in [0.25, 0.3) is 0 Å². The van der Waals surface area contributed by atoms with Gasteiger partial charge in [0.25, 0.3) is 0 Å². The first-order chi connectivity index (χ1) is 7.41. The van der Waals surface area contributed by atoms with Gasteiger partial charge in [0, 0.05) is 6.61 Å². The Morgan fingerprint density at radius 2 is 1.67 bits per heavy atom. The lowest BCUT2D eigenvalue weighted by molar-refractivity contribution is 0.289. The fraction of sp³-hybridized carbons (Fsp3) is 0.286. The van der Waals surface area contributed by atoms with E-state index >= 15 is 0 Å². The van der Waals surface area contributed by atoms with Crippen LogP contribution in [0.3, 0.4) is 0 Å². The van der Waals surface area contributed by atoms with Crippen LogP contribution in [-0.4, -0.2) is 11.7 Å². The Morgan fingerprint density at radius 1 is 1.00 bits per heavy atom. The predicted octanol–water partition coefficient (Wildman–Crippen LogP) is 3.01. The van der Waals surface area contributed by atoms with Gasteiger partial charge < -0.3 is 5.11 Å². The number of hydrogen-bond acceptors (Lipinski definition) is 1. The van der Waals surface area contributed by atoms with Crippen molar-refractivity contribution in [2.24, 2.45) is 0 Å². The maximum atomic E-state index is 8.52. The first-order valence-corrected chi connectivity index (χ1v) is 5.13. The van der Waals surface area contributed by atoms with Crippen molar-refractivity contribution < 1.29 is 5.11 Å². The van der Waals surface area contributed by atoms with Gasteiger partial charge in [-0.25, -0.2) is 0 Å². The molecule has 0 aliphatic rings. The zero-order chi connectivity index (χ0) is 11.2. The summed E-state index contributed by atoms with van der Waals surface area (Å²) in [5.74, 6) is 5.76. The Balaban J connectivity index is 3.64. The molecule has 0 amide bonds. The average molecular weight is 202 g/mol. The van der Waals surface area contributed by atoms with Gasteiger partial charge in [0.2, 0.25) is 0 Å². The second kappa shape index (κ2) is 12.5. The third-order valence-electron chi connectivity index (χ3n) is 1.52. The molecule has 0 aliphatic heterocycles. The van der Waals surface area contributed by atoms with Crippen molar-refractivity contribution in [2.45, 2.75) is 19.8 Å². The summed E-state index contributed by atoms with van der Waals surface area (Å²) in [5, 5.41) is 8.52. The zero-order valence-corrected chi connectivity index (χ0v) is 9.19. The third-order valence-corrected chi connectivity index (χ3v) is 1.52. The van der Waals surface area contributed by atoms with Crippen LogP contribution in [0, 0.1) is 11.8 Å². The predicted molar refractivity (Wildman–Crippen MR) is 66.3 cm³/mol. The van der Waals surface area contributed by atoms with Gasteiger partial charge in [-0.2, -0.15) is 0 Å². The summed E-state index contributed by atoms with van der Waals surface area (Å²) in [6.45, 7) is 2.22. The molecule has 0 radical (unpaired) electrons. The quantitative estimate of drug-likeness (QED) is 0.413. The second-order valence-electron chi connectivity index (χ2n) is 2.83. The summed E-state index contributed by atoms with van der Waals surface area (Å²) >= 11 is 0. The molecule has 0 heterocycles. The molecule has 0 atom stereocenters. The van der Waals surface area contributed by atoms with Gasteiger partial charge in [-0.3, -0.25) is 0 Å². The van der Waals surface area contributed by atoms with E-state index in [4.69, 9.17) is 5.11 Å². The second-order valence-corrected chi connectivity index (χ2v) is 2.83. The van der Waals surface area contributed by atoms with Gasteiger partial charge in [-0.1, -0.05) is 48.3 Å². The third kappa shape index (κ3) is 12.5. The summed E-state index contributed by atoms with van der Waals surface area (Å²) in [6.07, 6.45) is 17.0. The molecule has 0 aliphatic carbocycles. The van der Waals surface area contributed by atoms with Crippen LogP contribution in [0.15, 0.2) is 48.6 Å². The molecular formula is C14H18O. The van der Waals surface area contributed by atoms with E-state index in [0.717, 1.165) is 12.8 Å². The number of rotatable bonds is 5. The van der Waals surface area contributed by atoms with Crippen LogP contribution < -0.4 is 0 Å². The lowest BCUT2D eigenvalue weighted by Crippen LogP contribution is -1.77. The van der Waals surface area contributed by atoms with Crippen molar-refractivity contribution in [1.29, 1.82) is 0 Å².